The van der Waals surface area contributed by atoms with Crippen LogP contribution in [0, 0.1) is 0 Å². The number of halogens is 3. The minimum Gasteiger partial charge on any atom is -0.372 e. The third kappa shape index (κ3) is 1.74. The summed E-state index contributed by atoms with van der Waals surface area (Å²) in [7, 11) is 0. The Morgan fingerprint density at radius 1 is 1.05 bits per heavy atom. The minimum atomic E-state index is -4.87. The number of aliphatic hydroxyl groups is 1. The first-order chi connectivity index (χ1) is 9.76. The summed E-state index contributed by atoms with van der Waals surface area (Å²) in [5.41, 5.74) is -2.79. The summed E-state index contributed by atoms with van der Waals surface area (Å²) < 4.78 is 40.5. The number of benzene rings is 2. The lowest BCUT2D eigenvalue weighted by Crippen LogP contribution is -2.41. The topological polar surface area (TPSA) is 37.3 Å². The van der Waals surface area contributed by atoms with Gasteiger partial charge in [0.2, 0.25) is 5.60 Å². The molecule has 2 nitrogen and oxygen atoms in total. The van der Waals surface area contributed by atoms with E-state index in [1.54, 1.807) is 6.07 Å². The molecule has 5 heteroatoms. The third-order valence-electron chi connectivity index (χ3n) is 3.83. The fraction of sp³-hybridized carbons (Fsp3) is 0.188. The Morgan fingerprint density at radius 2 is 1.67 bits per heavy atom. The first-order valence-electron chi connectivity index (χ1n) is 6.31. The molecule has 3 rings (SSSR count). The van der Waals surface area contributed by atoms with E-state index in [0.29, 0.717) is 11.1 Å². The van der Waals surface area contributed by atoms with Crippen LogP contribution >= 0.6 is 0 Å². The van der Waals surface area contributed by atoms with E-state index in [1.165, 1.54) is 37.3 Å². The van der Waals surface area contributed by atoms with Gasteiger partial charge in [0.05, 0.1) is 0 Å². The van der Waals surface area contributed by atoms with Crippen LogP contribution in [-0.4, -0.2) is 17.1 Å². The molecule has 0 spiro atoms. The molecule has 1 atom stereocenters. The Bertz CT molecular complexity index is 749. The minimum absolute atomic E-state index is 0.143. The van der Waals surface area contributed by atoms with Gasteiger partial charge in [0.1, 0.15) is 0 Å². The smallest absolute Gasteiger partial charge is 0.372 e. The van der Waals surface area contributed by atoms with Gasteiger partial charge in [-0.1, -0.05) is 36.4 Å². The Balaban J connectivity index is 2.38. The lowest BCUT2D eigenvalue weighted by molar-refractivity contribution is -0.246. The summed E-state index contributed by atoms with van der Waals surface area (Å²) in [6.07, 6.45) is -4.87. The molecule has 2 aromatic carbocycles. The number of alkyl halides is 3. The molecular formula is C16H11F3O2. The zero-order valence-electron chi connectivity index (χ0n) is 11.0. The van der Waals surface area contributed by atoms with Gasteiger partial charge in [0.25, 0.3) is 0 Å². The van der Waals surface area contributed by atoms with Gasteiger partial charge in [-0.2, -0.15) is 13.2 Å². The van der Waals surface area contributed by atoms with E-state index in [1.807, 2.05) is 0 Å². The molecule has 0 amide bonds. The van der Waals surface area contributed by atoms with Crippen molar-refractivity contribution >= 4 is 5.78 Å². The SMILES string of the molecule is CC(=O)c1ccc2c(c1)C(O)(C(F)(F)F)c1ccccc1-2. The summed E-state index contributed by atoms with van der Waals surface area (Å²) in [6.45, 7) is 1.27. The third-order valence-corrected chi connectivity index (χ3v) is 3.83. The van der Waals surface area contributed by atoms with Crippen molar-refractivity contribution in [2.24, 2.45) is 0 Å². The number of carbonyl (C=O) groups is 1. The number of hydrogen-bond donors (Lipinski definition) is 1. The van der Waals surface area contributed by atoms with Crippen molar-refractivity contribution in [3.8, 4) is 11.1 Å². The largest absolute Gasteiger partial charge is 0.425 e. The molecule has 0 saturated carbocycles. The molecule has 0 bridgehead atoms. The summed E-state index contributed by atoms with van der Waals surface area (Å²) in [6, 6.07) is 9.92. The average molecular weight is 292 g/mol. The molecule has 0 radical (unpaired) electrons. The van der Waals surface area contributed by atoms with Crippen molar-refractivity contribution in [1.29, 1.82) is 0 Å². The predicted molar refractivity (Wildman–Crippen MR) is 70.9 cm³/mol. The monoisotopic (exact) mass is 292 g/mol. The van der Waals surface area contributed by atoms with Crippen LogP contribution in [0.5, 0.6) is 0 Å². The summed E-state index contributed by atoms with van der Waals surface area (Å²) in [5, 5.41) is 10.4. The first kappa shape index (κ1) is 13.8. The lowest BCUT2D eigenvalue weighted by Gasteiger charge is -2.28. The molecule has 108 valence electrons. The Hall–Kier alpha value is -2.14. The van der Waals surface area contributed by atoms with Crippen LogP contribution in [0.3, 0.4) is 0 Å². The number of Topliss-reactive ketones (excluding diaryl/α,β-unsaturated/α-hetero) is 1. The predicted octanol–water partition coefficient (Wildman–Crippen LogP) is 3.67. The Morgan fingerprint density at radius 3 is 2.29 bits per heavy atom. The quantitative estimate of drug-likeness (QED) is 0.814. The maximum Gasteiger partial charge on any atom is 0.425 e. The summed E-state index contributed by atoms with van der Waals surface area (Å²) >= 11 is 0. The van der Waals surface area contributed by atoms with E-state index in [0.717, 1.165) is 6.07 Å². The fourth-order valence-electron chi connectivity index (χ4n) is 2.78. The van der Waals surface area contributed by atoms with Crippen molar-refractivity contribution in [3.63, 3.8) is 0 Å². The summed E-state index contributed by atoms with van der Waals surface area (Å²) in [5.74, 6) is -0.349. The average Bonchev–Trinajstić information content (AvgIpc) is 2.70. The molecule has 1 aliphatic rings. The highest BCUT2D eigenvalue weighted by Crippen LogP contribution is 2.54. The molecule has 21 heavy (non-hydrogen) atoms. The number of carbonyl (C=O) groups excluding carboxylic acids is 1. The molecule has 2 aromatic rings. The van der Waals surface area contributed by atoms with E-state index in [4.69, 9.17) is 0 Å². The first-order valence-corrected chi connectivity index (χ1v) is 6.31. The number of fused-ring (bicyclic) bond motifs is 3. The van der Waals surface area contributed by atoms with Crippen molar-refractivity contribution in [2.45, 2.75) is 18.7 Å². The van der Waals surface area contributed by atoms with E-state index < -0.39 is 11.8 Å². The highest BCUT2D eigenvalue weighted by molar-refractivity contribution is 5.96. The van der Waals surface area contributed by atoms with Gasteiger partial charge in [-0.15, -0.1) is 0 Å². The van der Waals surface area contributed by atoms with Crippen LogP contribution in [0.15, 0.2) is 42.5 Å². The fourth-order valence-corrected chi connectivity index (χ4v) is 2.78. The molecule has 1 unspecified atom stereocenters. The molecule has 0 heterocycles. The van der Waals surface area contributed by atoms with Crippen molar-refractivity contribution in [2.75, 3.05) is 0 Å². The highest BCUT2D eigenvalue weighted by atomic mass is 19.4. The number of hydrogen-bond acceptors (Lipinski definition) is 2. The second kappa shape index (κ2) is 4.18. The lowest BCUT2D eigenvalue weighted by atomic mass is 9.89. The normalized spacial score (nSPS) is 20.0. The Labute approximate surface area is 118 Å². The number of ketones is 1. The number of rotatable bonds is 1. The molecular weight excluding hydrogens is 281 g/mol. The highest BCUT2D eigenvalue weighted by Gasteiger charge is 2.60. The van der Waals surface area contributed by atoms with Crippen LogP contribution in [0.2, 0.25) is 0 Å². The van der Waals surface area contributed by atoms with Crippen LogP contribution in [-0.2, 0) is 5.60 Å². The van der Waals surface area contributed by atoms with E-state index in [2.05, 4.69) is 0 Å². The second-order valence-electron chi connectivity index (χ2n) is 5.07. The zero-order chi connectivity index (χ0) is 15.4. The maximum absolute atomic E-state index is 13.5. The van der Waals surface area contributed by atoms with Gasteiger partial charge in [-0.05, 0) is 24.1 Å². The standard InChI is InChI=1S/C16H11F3O2/c1-9(20)10-6-7-12-11-4-2-3-5-13(11)15(21,14(12)8-10)16(17,18)19/h2-8,21H,1H3. The zero-order valence-corrected chi connectivity index (χ0v) is 11.0. The van der Waals surface area contributed by atoms with E-state index >= 15 is 0 Å². The summed E-state index contributed by atoms with van der Waals surface area (Å²) in [4.78, 5) is 11.4. The molecule has 1 aliphatic carbocycles. The van der Waals surface area contributed by atoms with Crippen LogP contribution in [0.25, 0.3) is 11.1 Å². The Kier molecular flexibility index (Phi) is 2.75. The van der Waals surface area contributed by atoms with Crippen LogP contribution in [0.4, 0.5) is 13.2 Å². The van der Waals surface area contributed by atoms with Gasteiger partial charge in [-0.25, -0.2) is 0 Å². The van der Waals surface area contributed by atoms with Crippen LogP contribution in [0.1, 0.15) is 28.4 Å². The molecule has 1 N–H and O–H groups in total. The van der Waals surface area contributed by atoms with Gasteiger partial charge >= 0.3 is 6.18 Å². The molecule has 0 aliphatic heterocycles. The van der Waals surface area contributed by atoms with Gasteiger partial charge in [-0.3, -0.25) is 4.79 Å². The van der Waals surface area contributed by atoms with Crippen molar-refractivity contribution in [1.82, 2.24) is 0 Å². The molecule has 0 fully saturated rings. The van der Waals surface area contributed by atoms with E-state index in [-0.39, 0.29) is 22.5 Å². The second-order valence-corrected chi connectivity index (χ2v) is 5.07. The van der Waals surface area contributed by atoms with Crippen molar-refractivity contribution in [3.05, 3.63) is 59.2 Å². The van der Waals surface area contributed by atoms with Crippen LogP contribution < -0.4 is 0 Å². The maximum atomic E-state index is 13.5. The molecule has 0 saturated heterocycles. The van der Waals surface area contributed by atoms with Gasteiger partial charge < -0.3 is 5.11 Å². The molecule has 0 aromatic heterocycles. The van der Waals surface area contributed by atoms with Crippen molar-refractivity contribution < 1.29 is 23.1 Å². The van der Waals surface area contributed by atoms with Gasteiger partial charge in [0.15, 0.2) is 5.78 Å². The van der Waals surface area contributed by atoms with E-state index in [9.17, 15) is 23.1 Å². The van der Waals surface area contributed by atoms with Gasteiger partial charge in [0, 0.05) is 16.7 Å².